The molecule has 12 heteroatoms. The van der Waals surface area contributed by atoms with E-state index < -0.39 is 12.2 Å². The van der Waals surface area contributed by atoms with Crippen LogP contribution in [0.3, 0.4) is 0 Å². The maximum Gasteiger partial charge on any atom is 0.305 e. The van der Waals surface area contributed by atoms with Crippen molar-refractivity contribution in [2.45, 2.75) is 341 Å². The molecule has 0 amide bonds. The molecule has 1 saturated heterocycles. The number of hydrogen-bond donors (Lipinski definition) is 4. The summed E-state index contributed by atoms with van der Waals surface area (Å²) in [4.78, 5) is 22.5. The molecule has 1 heterocycles. The first-order chi connectivity index (χ1) is 49.7. The lowest BCUT2D eigenvalue weighted by molar-refractivity contribution is -0.144. The van der Waals surface area contributed by atoms with Gasteiger partial charge in [0.1, 0.15) is 6.61 Å². The average molecular weight is 1450 g/mol. The van der Waals surface area contributed by atoms with Crippen LogP contribution in [0.5, 0.6) is 0 Å². The smallest absolute Gasteiger partial charge is 0.305 e. The summed E-state index contributed by atoms with van der Waals surface area (Å²) in [6, 6.07) is 0. The van der Waals surface area contributed by atoms with Gasteiger partial charge in [-0.15, -0.1) is 0 Å². The van der Waals surface area contributed by atoms with Gasteiger partial charge in [0, 0.05) is 83.4 Å². The third-order valence-electron chi connectivity index (χ3n) is 19.0. The van der Waals surface area contributed by atoms with Crippen LogP contribution in [0.1, 0.15) is 317 Å². The summed E-state index contributed by atoms with van der Waals surface area (Å²) in [7, 11) is 3.97. The summed E-state index contributed by atoms with van der Waals surface area (Å²) in [6.45, 7) is 19.3. The summed E-state index contributed by atoms with van der Waals surface area (Å²) >= 11 is 0. The van der Waals surface area contributed by atoms with Gasteiger partial charge >= 0.3 is 5.97 Å². The third kappa shape index (κ3) is 71.3. The number of unbranched alkanes of at least 4 members (excludes halogenated alkanes) is 24. The molecule has 0 aromatic rings. The zero-order chi connectivity index (χ0) is 72.9. The fourth-order valence-electron chi connectivity index (χ4n) is 12.7. The first-order valence-corrected chi connectivity index (χ1v) is 44.7. The SMILES string of the molecule is CC/C=C\C/C=C\C/C=C\CCCCCCC(O)CN(CCCCSSCCN1CCN(CCOC(=O)CCCCN(CC(O)CCCCCC/C=C\C/C=C\CCCCC)CC(O)CCCCCC/C=C\C/C=C\CCCCC)CC1)CC(O)CCCCCC/C=C\C/C=C\C/C=C\CC. The number of rotatable bonds is 75. The van der Waals surface area contributed by atoms with E-state index >= 15 is 0 Å². The monoisotopic (exact) mass is 1450 g/mol. The van der Waals surface area contributed by atoms with E-state index in [9.17, 15) is 25.2 Å². The summed E-state index contributed by atoms with van der Waals surface area (Å²) in [6.07, 6.45) is 92.7. The number of ether oxygens (including phenoxy) is 1. The fourth-order valence-corrected chi connectivity index (χ4v) is 14.9. The van der Waals surface area contributed by atoms with E-state index in [1.165, 1.54) is 103 Å². The highest BCUT2D eigenvalue weighted by Gasteiger charge is 2.20. The molecule has 1 rings (SSSR count). The molecular formula is C89H160N4O6S2. The topological polar surface area (TPSA) is 120 Å². The Morgan fingerprint density at radius 1 is 0.347 bits per heavy atom. The molecule has 101 heavy (non-hydrogen) atoms. The molecule has 0 spiro atoms. The van der Waals surface area contributed by atoms with E-state index in [0.717, 1.165) is 244 Å². The molecule has 1 fully saturated rings. The number of piperazine rings is 1. The number of carbonyl (C=O) groups excluding carboxylic acids is 1. The summed E-state index contributed by atoms with van der Waals surface area (Å²) in [5, 5.41) is 44.8. The highest BCUT2D eigenvalue weighted by atomic mass is 33.1. The van der Waals surface area contributed by atoms with Crippen molar-refractivity contribution in [1.82, 2.24) is 19.6 Å². The molecule has 0 radical (unpaired) electrons. The number of hydrogen-bond acceptors (Lipinski definition) is 12. The van der Waals surface area contributed by atoms with Gasteiger partial charge in [0.15, 0.2) is 0 Å². The Morgan fingerprint density at radius 2 is 0.644 bits per heavy atom. The van der Waals surface area contributed by atoms with E-state index in [-0.39, 0.29) is 18.2 Å². The van der Waals surface area contributed by atoms with Crippen molar-refractivity contribution in [3.05, 3.63) is 122 Å². The van der Waals surface area contributed by atoms with Gasteiger partial charge in [-0.3, -0.25) is 24.4 Å². The highest BCUT2D eigenvalue weighted by Crippen LogP contribution is 2.24. The van der Waals surface area contributed by atoms with Crippen molar-refractivity contribution in [3.8, 4) is 0 Å². The number of aliphatic hydroxyl groups excluding tert-OH is 4. The minimum Gasteiger partial charge on any atom is -0.464 e. The van der Waals surface area contributed by atoms with Gasteiger partial charge in [0.2, 0.25) is 0 Å². The second kappa shape index (κ2) is 78.3. The second-order valence-electron chi connectivity index (χ2n) is 28.7. The lowest BCUT2D eigenvalue weighted by Gasteiger charge is -2.34. The predicted molar refractivity (Wildman–Crippen MR) is 448 cm³/mol. The molecule has 0 aromatic heterocycles. The number of esters is 1. The Morgan fingerprint density at radius 3 is 0.990 bits per heavy atom. The van der Waals surface area contributed by atoms with Gasteiger partial charge in [-0.1, -0.05) is 274 Å². The maximum atomic E-state index is 12.9. The lowest BCUT2D eigenvalue weighted by atomic mass is 10.1. The molecule has 1 aliphatic heterocycles. The highest BCUT2D eigenvalue weighted by molar-refractivity contribution is 8.76. The van der Waals surface area contributed by atoms with Crippen molar-refractivity contribution in [1.29, 1.82) is 0 Å². The summed E-state index contributed by atoms with van der Waals surface area (Å²) < 4.78 is 5.76. The molecular weight excluding hydrogens is 1290 g/mol. The average Bonchev–Trinajstić information content (AvgIpc) is 1.08. The molecule has 0 aromatic carbocycles. The van der Waals surface area contributed by atoms with E-state index in [1.807, 2.05) is 21.6 Å². The van der Waals surface area contributed by atoms with Crippen LogP contribution >= 0.6 is 21.6 Å². The van der Waals surface area contributed by atoms with Crippen molar-refractivity contribution in [3.63, 3.8) is 0 Å². The quantitative estimate of drug-likeness (QED) is 0.0201. The predicted octanol–water partition coefficient (Wildman–Crippen LogP) is 22.8. The molecule has 4 N–H and O–H groups in total. The van der Waals surface area contributed by atoms with E-state index in [4.69, 9.17) is 4.74 Å². The number of aliphatic hydroxyl groups is 4. The third-order valence-corrected chi connectivity index (χ3v) is 21.5. The molecule has 10 nitrogen and oxygen atoms in total. The van der Waals surface area contributed by atoms with Crippen LogP contribution in [0.25, 0.3) is 0 Å². The Bertz CT molecular complexity index is 1960. The van der Waals surface area contributed by atoms with Crippen LogP contribution in [0, 0.1) is 0 Å². The van der Waals surface area contributed by atoms with E-state index in [2.05, 4.69) is 169 Å². The zero-order valence-corrected chi connectivity index (χ0v) is 67.6. The Labute approximate surface area is 632 Å². The fraction of sp³-hybridized carbons (Fsp3) is 0.764. The Hall–Kier alpha value is -2.75. The normalized spacial score (nSPS) is 15.3. The molecule has 0 saturated carbocycles. The van der Waals surface area contributed by atoms with Gasteiger partial charge in [0.05, 0.1) is 24.4 Å². The first-order valence-electron chi connectivity index (χ1n) is 42.2. The second-order valence-corrected chi connectivity index (χ2v) is 31.5. The molecule has 1 aliphatic rings. The lowest BCUT2D eigenvalue weighted by Crippen LogP contribution is -2.47. The van der Waals surface area contributed by atoms with Gasteiger partial charge < -0.3 is 25.2 Å². The van der Waals surface area contributed by atoms with Crippen LogP contribution in [0.15, 0.2) is 122 Å². The molecule has 0 aliphatic carbocycles. The maximum absolute atomic E-state index is 12.9. The molecule has 584 valence electrons. The zero-order valence-electron chi connectivity index (χ0n) is 66.0. The number of allylic oxidation sites excluding steroid dienone is 20. The van der Waals surface area contributed by atoms with E-state index in [0.29, 0.717) is 39.2 Å². The molecule has 0 bridgehead atoms. The Balaban J connectivity index is 2.46. The number of nitrogens with zero attached hydrogens (tertiary/aromatic N) is 4. The Kier molecular flexibility index (Phi) is 74.6. The van der Waals surface area contributed by atoms with Gasteiger partial charge in [-0.25, -0.2) is 0 Å². The van der Waals surface area contributed by atoms with Gasteiger partial charge in [-0.05, 0) is 193 Å². The molecule has 4 atom stereocenters. The van der Waals surface area contributed by atoms with Gasteiger partial charge in [-0.2, -0.15) is 0 Å². The van der Waals surface area contributed by atoms with Crippen LogP contribution in [0.4, 0.5) is 0 Å². The molecule has 4 unspecified atom stereocenters. The largest absolute Gasteiger partial charge is 0.464 e. The van der Waals surface area contributed by atoms with Crippen LogP contribution in [-0.4, -0.2) is 167 Å². The van der Waals surface area contributed by atoms with Crippen LogP contribution in [-0.2, 0) is 9.53 Å². The van der Waals surface area contributed by atoms with Crippen LogP contribution in [0.2, 0.25) is 0 Å². The van der Waals surface area contributed by atoms with E-state index in [1.54, 1.807) is 0 Å². The van der Waals surface area contributed by atoms with Crippen molar-refractivity contribution in [2.24, 2.45) is 0 Å². The summed E-state index contributed by atoms with van der Waals surface area (Å²) in [5.74, 6) is 2.09. The minimum atomic E-state index is -0.416. The first kappa shape index (κ1) is 96.3. The van der Waals surface area contributed by atoms with Gasteiger partial charge in [0.25, 0.3) is 0 Å². The van der Waals surface area contributed by atoms with Crippen molar-refractivity contribution < 1.29 is 30.0 Å². The summed E-state index contributed by atoms with van der Waals surface area (Å²) in [5.41, 5.74) is 0. The van der Waals surface area contributed by atoms with Crippen LogP contribution < -0.4 is 0 Å². The minimum absolute atomic E-state index is 0.126. The van der Waals surface area contributed by atoms with Crippen molar-refractivity contribution in [2.75, 3.05) is 96.6 Å². The number of carbonyl (C=O) groups is 1. The van der Waals surface area contributed by atoms with Crippen molar-refractivity contribution >= 4 is 27.6 Å². The standard InChI is InChI=1S/C89H160N4O6S2/c1-5-9-13-17-21-25-29-33-37-41-45-49-53-57-65-85(94)81-92(82-86(95)66-58-54-50-46-42-38-34-30-26-22-18-14-10-6-2)70-62-61-69-89(98)99-78-76-90-72-74-91(75-73-90)77-80-101-100-79-64-63-71-93(83-87(96)67-59-55-51-47-43-39-35-31-27-23-19-15-11-7-3)84-88(97)68-60-56-52-48-44-40-36-32-28-24-20-16-12-8-4/h11-12,15-16,21-28,33-40,85-88,94-97H,5-10,13-14,17-20,29-32,41-84H2,1-4H3/b15-11-,16-12-,25-21-,26-22-,27-23-,28-24-,37-33-,38-34-,39-35-,40-36-.